The van der Waals surface area contributed by atoms with Crippen molar-refractivity contribution in [1.82, 2.24) is 28.6 Å². The van der Waals surface area contributed by atoms with Crippen LogP contribution in [0.5, 0.6) is 0 Å². The maximum Gasteiger partial charge on any atom is 0.280 e. The Labute approximate surface area is 171 Å². The molecular formula is C18H29N7O3S. The zero-order valence-corrected chi connectivity index (χ0v) is 18.3. The molecule has 1 saturated heterocycles. The quantitative estimate of drug-likeness (QED) is 0.726. The highest BCUT2D eigenvalue weighted by molar-refractivity contribution is 7.87. The number of aromatic nitrogens is 4. The molecule has 11 heteroatoms. The summed E-state index contributed by atoms with van der Waals surface area (Å²) in [6, 6.07) is -1.36. The Hall–Kier alpha value is -2.24. The summed E-state index contributed by atoms with van der Waals surface area (Å²) in [5, 5.41) is 11.4. The summed E-state index contributed by atoms with van der Waals surface area (Å²) in [6.45, 7) is 9.39. The first kappa shape index (κ1) is 21.5. The highest BCUT2D eigenvalue weighted by atomic mass is 32.2. The van der Waals surface area contributed by atoms with Crippen LogP contribution in [0, 0.1) is 12.8 Å². The minimum absolute atomic E-state index is 0.304. The lowest BCUT2D eigenvalue weighted by Crippen LogP contribution is -2.56. The van der Waals surface area contributed by atoms with Crippen LogP contribution in [0.2, 0.25) is 0 Å². The van der Waals surface area contributed by atoms with Crippen LogP contribution in [0.15, 0.2) is 18.6 Å². The summed E-state index contributed by atoms with van der Waals surface area (Å²) < 4.78 is 32.5. The molecule has 0 bridgehead atoms. The first-order chi connectivity index (χ1) is 13.6. The molecule has 1 amide bonds. The van der Waals surface area contributed by atoms with Gasteiger partial charge in [-0.3, -0.25) is 14.2 Å². The molecule has 10 nitrogen and oxygen atoms in total. The van der Waals surface area contributed by atoms with Gasteiger partial charge in [-0.25, -0.2) is 0 Å². The second-order valence-corrected chi connectivity index (χ2v) is 9.56. The average Bonchev–Trinajstić information content (AvgIpc) is 3.22. The van der Waals surface area contributed by atoms with Crippen LogP contribution in [0.25, 0.3) is 0 Å². The SMILES string of the molecule is CCn1cc([C@@H]2C[C@@H](C(=O)Nc3cnn(CC(C)C)c3)N(C)S(=O)(=O)N2)c(C)n1. The van der Waals surface area contributed by atoms with Crippen molar-refractivity contribution in [2.75, 3.05) is 12.4 Å². The maximum atomic E-state index is 12.9. The monoisotopic (exact) mass is 423 g/mol. The molecule has 2 atom stereocenters. The summed E-state index contributed by atoms with van der Waals surface area (Å²) in [4.78, 5) is 12.9. The molecule has 0 radical (unpaired) electrons. The highest BCUT2D eigenvalue weighted by Crippen LogP contribution is 2.30. The molecule has 1 fully saturated rings. The first-order valence-corrected chi connectivity index (χ1v) is 11.2. The fourth-order valence-corrected chi connectivity index (χ4v) is 4.74. The van der Waals surface area contributed by atoms with E-state index in [0.29, 0.717) is 24.6 Å². The van der Waals surface area contributed by atoms with Gasteiger partial charge in [0.25, 0.3) is 10.2 Å². The Balaban J connectivity index is 1.80. The summed E-state index contributed by atoms with van der Waals surface area (Å²) in [5.74, 6) is 0.0411. The lowest BCUT2D eigenvalue weighted by molar-refractivity contribution is -0.120. The largest absolute Gasteiger partial charge is 0.322 e. The minimum Gasteiger partial charge on any atom is -0.322 e. The second kappa shape index (κ2) is 8.25. The number of aryl methyl sites for hydroxylation is 2. The van der Waals surface area contributed by atoms with Crippen molar-refractivity contribution in [3.63, 3.8) is 0 Å². The number of hydrogen-bond donors (Lipinski definition) is 2. The summed E-state index contributed by atoms with van der Waals surface area (Å²) in [7, 11) is -2.40. The van der Waals surface area contributed by atoms with E-state index in [1.807, 2.05) is 20.0 Å². The van der Waals surface area contributed by atoms with E-state index in [-0.39, 0.29) is 5.91 Å². The van der Waals surface area contributed by atoms with Gasteiger partial charge in [-0.1, -0.05) is 13.8 Å². The van der Waals surface area contributed by atoms with Crippen molar-refractivity contribution in [3.8, 4) is 0 Å². The fourth-order valence-electron chi connectivity index (χ4n) is 3.48. The number of nitrogens with zero attached hydrogens (tertiary/aromatic N) is 5. The zero-order chi connectivity index (χ0) is 21.3. The molecule has 2 aromatic heterocycles. The van der Waals surface area contributed by atoms with Gasteiger partial charge in [0.2, 0.25) is 5.91 Å². The number of likely N-dealkylation sites (N-methyl/N-ethyl adjacent to an activating group) is 1. The van der Waals surface area contributed by atoms with Gasteiger partial charge < -0.3 is 5.32 Å². The molecule has 3 heterocycles. The molecule has 0 spiro atoms. The van der Waals surface area contributed by atoms with Crippen molar-refractivity contribution >= 4 is 21.8 Å². The predicted octanol–water partition coefficient (Wildman–Crippen LogP) is 1.28. The third-order valence-corrected chi connectivity index (χ3v) is 6.60. The molecule has 1 aliphatic heterocycles. The number of carbonyl (C=O) groups is 1. The van der Waals surface area contributed by atoms with E-state index in [1.54, 1.807) is 21.8 Å². The van der Waals surface area contributed by atoms with E-state index in [0.717, 1.165) is 22.1 Å². The number of hydrogen-bond acceptors (Lipinski definition) is 5. The van der Waals surface area contributed by atoms with Gasteiger partial charge in [0.15, 0.2) is 0 Å². The van der Waals surface area contributed by atoms with E-state index >= 15 is 0 Å². The Bertz CT molecular complexity index is 979. The number of carbonyl (C=O) groups excluding carboxylic acids is 1. The smallest absolute Gasteiger partial charge is 0.280 e. The van der Waals surface area contributed by atoms with Crippen LogP contribution >= 0.6 is 0 Å². The second-order valence-electron chi connectivity index (χ2n) is 7.80. The Morgan fingerprint density at radius 1 is 1.34 bits per heavy atom. The highest BCUT2D eigenvalue weighted by Gasteiger charge is 2.41. The summed E-state index contributed by atoms with van der Waals surface area (Å²) in [6.07, 6.45) is 5.46. The van der Waals surface area contributed by atoms with E-state index in [1.165, 1.54) is 7.05 Å². The molecule has 0 saturated carbocycles. The van der Waals surface area contributed by atoms with Crippen molar-refractivity contribution in [1.29, 1.82) is 0 Å². The first-order valence-electron chi connectivity index (χ1n) is 9.73. The molecule has 3 rings (SSSR count). The summed E-state index contributed by atoms with van der Waals surface area (Å²) >= 11 is 0. The lowest BCUT2D eigenvalue weighted by Gasteiger charge is -2.35. The van der Waals surface area contributed by atoms with Gasteiger partial charge in [0.1, 0.15) is 6.04 Å². The predicted molar refractivity (Wildman–Crippen MR) is 109 cm³/mol. The van der Waals surface area contributed by atoms with Gasteiger partial charge in [0, 0.05) is 38.1 Å². The minimum atomic E-state index is -3.81. The van der Waals surface area contributed by atoms with Crippen LogP contribution in [-0.2, 0) is 28.1 Å². The van der Waals surface area contributed by atoms with Crippen LogP contribution in [0.1, 0.15) is 44.5 Å². The molecule has 2 N–H and O–H groups in total. The topological polar surface area (TPSA) is 114 Å². The summed E-state index contributed by atoms with van der Waals surface area (Å²) in [5.41, 5.74) is 2.08. The zero-order valence-electron chi connectivity index (χ0n) is 17.5. The van der Waals surface area contributed by atoms with Crippen molar-refractivity contribution in [2.45, 2.75) is 59.3 Å². The molecule has 1 aliphatic rings. The third kappa shape index (κ3) is 4.68. The molecule has 0 aromatic carbocycles. The Kier molecular flexibility index (Phi) is 6.11. The van der Waals surface area contributed by atoms with E-state index in [9.17, 15) is 13.2 Å². The molecule has 0 aliphatic carbocycles. The van der Waals surface area contributed by atoms with Gasteiger partial charge in [-0.2, -0.15) is 27.6 Å². The van der Waals surface area contributed by atoms with Gasteiger partial charge in [-0.05, 0) is 26.2 Å². The van der Waals surface area contributed by atoms with Crippen LogP contribution in [0.3, 0.4) is 0 Å². The molecular weight excluding hydrogens is 394 g/mol. The number of amides is 1. The molecule has 2 aromatic rings. The van der Waals surface area contributed by atoms with E-state index in [2.05, 4.69) is 34.1 Å². The van der Waals surface area contributed by atoms with Crippen LogP contribution in [-0.4, -0.2) is 51.3 Å². The average molecular weight is 424 g/mol. The van der Waals surface area contributed by atoms with Crippen molar-refractivity contribution < 1.29 is 13.2 Å². The Morgan fingerprint density at radius 3 is 2.69 bits per heavy atom. The number of nitrogens with one attached hydrogen (secondary N) is 2. The third-order valence-electron chi connectivity index (χ3n) is 5.01. The number of anilines is 1. The van der Waals surface area contributed by atoms with Gasteiger partial charge in [0.05, 0.1) is 23.6 Å². The van der Waals surface area contributed by atoms with Crippen molar-refractivity contribution in [2.24, 2.45) is 5.92 Å². The normalized spacial score (nSPS) is 22.1. The van der Waals surface area contributed by atoms with Gasteiger partial charge >= 0.3 is 0 Å². The van der Waals surface area contributed by atoms with Crippen molar-refractivity contribution in [3.05, 3.63) is 29.8 Å². The molecule has 29 heavy (non-hydrogen) atoms. The lowest BCUT2D eigenvalue weighted by atomic mass is 10.00. The fraction of sp³-hybridized carbons (Fsp3) is 0.611. The Morgan fingerprint density at radius 2 is 2.07 bits per heavy atom. The maximum absolute atomic E-state index is 12.9. The van der Waals surface area contributed by atoms with Crippen LogP contribution < -0.4 is 10.0 Å². The van der Waals surface area contributed by atoms with E-state index < -0.39 is 22.3 Å². The number of rotatable bonds is 6. The molecule has 160 valence electrons. The molecule has 0 unspecified atom stereocenters. The van der Waals surface area contributed by atoms with Crippen LogP contribution in [0.4, 0.5) is 5.69 Å². The standard InChI is InChI=1S/C18H29N7O3S/c1-6-24-11-15(13(4)21-24)16-7-17(23(5)29(27,28)22-16)18(26)20-14-8-19-25(10-14)9-12(2)3/h8,10-12,16-17,22H,6-7,9H2,1-5H3,(H,20,26)/t16-,17-/m0/s1. The van der Waals surface area contributed by atoms with E-state index in [4.69, 9.17) is 0 Å². The van der Waals surface area contributed by atoms with Gasteiger partial charge in [-0.15, -0.1) is 0 Å².